The number of likely N-dealkylation sites (tertiary alicyclic amines) is 1. The molecule has 0 aliphatic carbocycles. The fourth-order valence-corrected chi connectivity index (χ4v) is 3.38. The Balaban J connectivity index is 1.58. The lowest BCUT2D eigenvalue weighted by Crippen LogP contribution is -2.30. The maximum absolute atomic E-state index is 13.0. The maximum Gasteiger partial charge on any atom is 0.254 e. The van der Waals surface area contributed by atoms with Crippen LogP contribution >= 0.6 is 0 Å². The molecule has 27 heavy (non-hydrogen) atoms. The quantitative estimate of drug-likeness (QED) is 0.700. The topological polar surface area (TPSA) is 68.5 Å². The van der Waals surface area contributed by atoms with Crippen molar-refractivity contribution in [3.05, 3.63) is 65.5 Å². The van der Waals surface area contributed by atoms with Gasteiger partial charge >= 0.3 is 0 Å². The molecule has 0 spiro atoms. The minimum Gasteiger partial charge on any atom is -0.497 e. The summed E-state index contributed by atoms with van der Waals surface area (Å²) in [5.74, 6) is 1.65. The Bertz CT molecular complexity index is 949. The zero-order chi connectivity index (χ0) is 18.8. The largest absolute Gasteiger partial charge is 0.497 e. The van der Waals surface area contributed by atoms with Gasteiger partial charge in [-0.3, -0.25) is 4.79 Å². The lowest BCUT2D eigenvalue weighted by atomic mass is 10.1. The molecular formula is C21H21N3O3. The van der Waals surface area contributed by atoms with Gasteiger partial charge in [0, 0.05) is 17.7 Å². The van der Waals surface area contributed by atoms with E-state index in [4.69, 9.17) is 9.26 Å². The van der Waals surface area contributed by atoms with Gasteiger partial charge < -0.3 is 14.2 Å². The van der Waals surface area contributed by atoms with Gasteiger partial charge in [-0.25, -0.2) is 0 Å². The summed E-state index contributed by atoms with van der Waals surface area (Å²) in [4.78, 5) is 19.4. The Kier molecular flexibility index (Phi) is 4.62. The summed E-state index contributed by atoms with van der Waals surface area (Å²) in [6.45, 7) is 2.70. The van der Waals surface area contributed by atoms with Crippen LogP contribution in [0.2, 0.25) is 0 Å². The van der Waals surface area contributed by atoms with E-state index < -0.39 is 0 Å². The molecule has 1 aromatic heterocycles. The molecule has 6 heteroatoms. The minimum absolute atomic E-state index is 0.0496. The van der Waals surface area contributed by atoms with Gasteiger partial charge in [-0.2, -0.15) is 4.98 Å². The summed E-state index contributed by atoms with van der Waals surface area (Å²) >= 11 is 0. The molecule has 1 aliphatic rings. The van der Waals surface area contributed by atoms with E-state index >= 15 is 0 Å². The Morgan fingerprint density at radius 1 is 1.22 bits per heavy atom. The second-order valence-electron chi connectivity index (χ2n) is 6.71. The molecule has 4 rings (SSSR count). The smallest absolute Gasteiger partial charge is 0.254 e. The lowest BCUT2D eigenvalue weighted by molar-refractivity contribution is 0.0709. The third-order valence-corrected chi connectivity index (χ3v) is 4.87. The van der Waals surface area contributed by atoms with E-state index in [0.29, 0.717) is 29.6 Å². The molecule has 1 saturated heterocycles. The number of aromatic nitrogens is 2. The predicted octanol–water partition coefficient (Wildman–Crippen LogP) is 4.03. The fourth-order valence-electron chi connectivity index (χ4n) is 3.38. The van der Waals surface area contributed by atoms with Crippen LogP contribution in [0.4, 0.5) is 0 Å². The average molecular weight is 363 g/mol. The van der Waals surface area contributed by atoms with Gasteiger partial charge in [0.1, 0.15) is 11.8 Å². The van der Waals surface area contributed by atoms with E-state index in [0.717, 1.165) is 18.4 Å². The molecular weight excluding hydrogens is 342 g/mol. The van der Waals surface area contributed by atoms with Crippen molar-refractivity contribution >= 4 is 5.91 Å². The molecule has 3 aromatic rings. The standard InChI is InChI=1S/C21H21N3O3/c1-14-8-10-15(11-9-14)19-22-20(27-23-19)18-7-4-12-24(18)21(25)16-5-3-6-17(13-16)26-2/h3,5-6,8-11,13,18H,4,7,12H2,1-2H3. The van der Waals surface area contributed by atoms with Crippen LogP contribution in [0.3, 0.4) is 0 Å². The first kappa shape index (κ1) is 17.3. The lowest BCUT2D eigenvalue weighted by Gasteiger charge is -2.22. The predicted molar refractivity (Wildman–Crippen MR) is 100 cm³/mol. The Hall–Kier alpha value is -3.15. The Morgan fingerprint density at radius 3 is 2.81 bits per heavy atom. The number of rotatable bonds is 4. The summed E-state index contributed by atoms with van der Waals surface area (Å²) in [6, 6.07) is 15.0. The monoisotopic (exact) mass is 363 g/mol. The molecule has 0 N–H and O–H groups in total. The zero-order valence-electron chi connectivity index (χ0n) is 15.4. The van der Waals surface area contributed by atoms with E-state index in [1.54, 1.807) is 24.1 Å². The third-order valence-electron chi connectivity index (χ3n) is 4.87. The van der Waals surface area contributed by atoms with Gasteiger partial charge in [0.25, 0.3) is 5.91 Å². The summed E-state index contributed by atoms with van der Waals surface area (Å²) in [7, 11) is 1.59. The molecule has 1 amide bonds. The number of amides is 1. The first-order chi connectivity index (χ1) is 13.2. The van der Waals surface area contributed by atoms with Crippen molar-refractivity contribution in [1.82, 2.24) is 15.0 Å². The van der Waals surface area contributed by atoms with Gasteiger partial charge in [0.05, 0.1) is 7.11 Å². The van der Waals surface area contributed by atoms with Gasteiger partial charge in [0.15, 0.2) is 0 Å². The SMILES string of the molecule is COc1cccc(C(=O)N2CCCC2c2nc(-c3ccc(C)cc3)no2)c1. The van der Waals surface area contributed by atoms with Crippen LogP contribution in [0.1, 0.15) is 40.7 Å². The number of carbonyl (C=O) groups is 1. The molecule has 1 fully saturated rings. The van der Waals surface area contributed by atoms with Gasteiger partial charge in [-0.15, -0.1) is 0 Å². The molecule has 0 bridgehead atoms. The van der Waals surface area contributed by atoms with Gasteiger partial charge in [0.2, 0.25) is 11.7 Å². The molecule has 138 valence electrons. The van der Waals surface area contributed by atoms with E-state index in [1.165, 1.54) is 5.56 Å². The van der Waals surface area contributed by atoms with Crippen molar-refractivity contribution in [2.24, 2.45) is 0 Å². The number of hydrogen-bond donors (Lipinski definition) is 0. The number of aryl methyl sites for hydroxylation is 1. The first-order valence-corrected chi connectivity index (χ1v) is 9.01. The number of benzene rings is 2. The summed E-state index contributed by atoms with van der Waals surface area (Å²) in [5.41, 5.74) is 2.67. The van der Waals surface area contributed by atoms with Crippen LogP contribution in [-0.2, 0) is 0 Å². The molecule has 6 nitrogen and oxygen atoms in total. The molecule has 1 atom stereocenters. The van der Waals surface area contributed by atoms with Crippen molar-refractivity contribution < 1.29 is 14.1 Å². The number of hydrogen-bond acceptors (Lipinski definition) is 5. The van der Waals surface area contributed by atoms with Crippen LogP contribution in [0.15, 0.2) is 53.1 Å². The van der Waals surface area contributed by atoms with Crippen molar-refractivity contribution in [2.75, 3.05) is 13.7 Å². The van der Waals surface area contributed by atoms with Crippen LogP contribution in [0, 0.1) is 6.92 Å². The Labute approximate surface area is 157 Å². The van der Waals surface area contributed by atoms with Crippen molar-refractivity contribution in [3.8, 4) is 17.1 Å². The molecule has 1 aliphatic heterocycles. The van der Waals surface area contributed by atoms with Gasteiger partial charge in [-0.1, -0.05) is 41.1 Å². The highest BCUT2D eigenvalue weighted by atomic mass is 16.5. The average Bonchev–Trinajstić information content (AvgIpc) is 3.37. The highest BCUT2D eigenvalue weighted by Gasteiger charge is 2.34. The fraction of sp³-hybridized carbons (Fsp3) is 0.286. The number of nitrogens with zero attached hydrogens (tertiary/aromatic N) is 3. The van der Waals surface area contributed by atoms with E-state index in [1.807, 2.05) is 43.3 Å². The highest BCUT2D eigenvalue weighted by molar-refractivity contribution is 5.95. The summed E-state index contributed by atoms with van der Waals surface area (Å²) in [6.07, 6.45) is 1.72. The number of ether oxygens (including phenoxy) is 1. The van der Waals surface area contributed by atoms with Crippen molar-refractivity contribution in [3.63, 3.8) is 0 Å². The number of carbonyl (C=O) groups excluding carboxylic acids is 1. The van der Waals surface area contributed by atoms with Crippen LogP contribution in [-0.4, -0.2) is 34.6 Å². The van der Waals surface area contributed by atoms with Crippen LogP contribution in [0.5, 0.6) is 5.75 Å². The third kappa shape index (κ3) is 3.43. The Morgan fingerprint density at radius 2 is 2.04 bits per heavy atom. The molecule has 2 aromatic carbocycles. The highest BCUT2D eigenvalue weighted by Crippen LogP contribution is 2.33. The van der Waals surface area contributed by atoms with Crippen molar-refractivity contribution in [2.45, 2.75) is 25.8 Å². The second-order valence-corrected chi connectivity index (χ2v) is 6.71. The summed E-state index contributed by atoms with van der Waals surface area (Å²) < 4.78 is 10.7. The van der Waals surface area contributed by atoms with E-state index in [9.17, 15) is 4.79 Å². The van der Waals surface area contributed by atoms with Crippen molar-refractivity contribution in [1.29, 1.82) is 0 Å². The molecule has 0 saturated carbocycles. The minimum atomic E-state index is -0.199. The maximum atomic E-state index is 13.0. The first-order valence-electron chi connectivity index (χ1n) is 9.01. The molecule has 2 heterocycles. The van der Waals surface area contributed by atoms with E-state index in [-0.39, 0.29) is 11.9 Å². The second kappa shape index (κ2) is 7.23. The van der Waals surface area contributed by atoms with Crippen LogP contribution < -0.4 is 4.74 Å². The molecule has 0 radical (unpaired) electrons. The van der Waals surface area contributed by atoms with Crippen LogP contribution in [0.25, 0.3) is 11.4 Å². The van der Waals surface area contributed by atoms with Gasteiger partial charge in [-0.05, 0) is 38.0 Å². The molecule has 1 unspecified atom stereocenters. The number of methoxy groups -OCH3 is 1. The van der Waals surface area contributed by atoms with E-state index in [2.05, 4.69) is 10.1 Å². The normalized spacial score (nSPS) is 16.5. The summed E-state index contributed by atoms with van der Waals surface area (Å²) in [5, 5.41) is 4.11. The zero-order valence-corrected chi connectivity index (χ0v) is 15.4.